The number of halogens is 1. The molecule has 0 saturated carbocycles. The number of hydrogen-bond donors (Lipinski definition) is 1. The topological polar surface area (TPSA) is 83.5 Å². The van der Waals surface area contributed by atoms with Crippen LogP contribution in [0.15, 0.2) is 45.5 Å². The van der Waals surface area contributed by atoms with Crippen molar-refractivity contribution in [1.82, 2.24) is 9.62 Å². The predicted octanol–water partition coefficient (Wildman–Crippen LogP) is 2.92. The number of likely N-dealkylation sites (tertiary alicyclic amines) is 1. The van der Waals surface area contributed by atoms with Crippen molar-refractivity contribution < 1.29 is 16.8 Å². The van der Waals surface area contributed by atoms with Gasteiger partial charge < -0.3 is 0 Å². The smallest absolute Gasteiger partial charge is 0.242 e. The lowest BCUT2D eigenvalue weighted by molar-refractivity contribution is 0.250. The molecule has 1 atom stereocenters. The first-order valence-electron chi connectivity index (χ1n) is 8.45. The number of benzene rings is 1. The number of nitrogens with zero attached hydrogens (tertiary/aromatic N) is 1. The van der Waals surface area contributed by atoms with E-state index in [1.54, 1.807) is 11.3 Å². The average Bonchev–Trinajstić information content (AvgIpc) is 3.28. The first kappa shape index (κ1) is 20.8. The third-order valence-electron chi connectivity index (χ3n) is 4.54. The summed E-state index contributed by atoms with van der Waals surface area (Å²) in [6, 6.07) is 7.59. The number of nitrogens with one attached hydrogen (secondary N) is 1. The fraction of sp³-hybridized carbons (Fsp3) is 0.412. The highest BCUT2D eigenvalue weighted by Gasteiger charge is 2.27. The van der Waals surface area contributed by atoms with Crippen molar-refractivity contribution in [3.8, 4) is 0 Å². The molecule has 1 N–H and O–H groups in total. The molecule has 6 nitrogen and oxygen atoms in total. The molecular formula is C17H21ClN2O4S3. The van der Waals surface area contributed by atoms with Crippen molar-refractivity contribution >= 4 is 42.8 Å². The summed E-state index contributed by atoms with van der Waals surface area (Å²) in [5, 5.41) is 1.96. The van der Waals surface area contributed by atoms with Gasteiger partial charge >= 0.3 is 0 Å². The lowest BCUT2D eigenvalue weighted by Crippen LogP contribution is -2.36. The highest BCUT2D eigenvalue weighted by molar-refractivity contribution is 7.91. The predicted molar refractivity (Wildman–Crippen MR) is 108 cm³/mol. The van der Waals surface area contributed by atoms with Crippen LogP contribution >= 0.6 is 22.9 Å². The van der Waals surface area contributed by atoms with Crippen LogP contribution in [0.4, 0.5) is 0 Å². The Balaban J connectivity index is 1.85. The van der Waals surface area contributed by atoms with Crippen LogP contribution in [0.3, 0.4) is 0 Å². The first-order valence-corrected chi connectivity index (χ1v) is 13.1. The molecule has 1 aliphatic heterocycles. The minimum absolute atomic E-state index is 0.0104. The number of sulfonamides is 1. The summed E-state index contributed by atoms with van der Waals surface area (Å²) in [6.45, 7) is 2.05. The number of sulfone groups is 1. The van der Waals surface area contributed by atoms with Gasteiger partial charge in [-0.25, -0.2) is 21.6 Å². The molecule has 1 aromatic carbocycles. The number of hydrogen-bond acceptors (Lipinski definition) is 6. The molecule has 1 saturated heterocycles. The monoisotopic (exact) mass is 448 g/mol. The number of thiophene rings is 1. The third kappa shape index (κ3) is 4.90. The van der Waals surface area contributed by atoms with Gasteiger partial charge in [-0.3, -0.25) is 4.90 Å². The molecule has 2 heterocycles. The SMILES string of the molecule is CS(=O)(=O)c1ccc(Cl)c(S(=O)(=O)NCC(c2cccs2)N2CCCC2)c1. The van der Waals surface area contributed by atoms with E-state index >= 15 is 0 Å². The van der Waals surface area contributed by atoms with Crippen LogP contribution in [0.5, 0.6) is 0 Å². The molecule has 1 aromatic heterocycles. The van der Waals surface area contributed by atoms with Crippen molar-refractivity contribution in [2.45, 2.75) is 28.7 Å². The van der Waals surface area contributed by atoms with Gasteiger partial charge in [0.25, 0.3) is 0 Å². The van der Waals surface area contributed by atoms with E-state index in [2.05, 4.69) is 9.62 Å². The van der Waals surface area contributed by atoms with E-state index < -0.39 is 19.9 Å². The summed E-state index contributed by atoms with van der Waals surface area (Å²) in [5.41, 5.74) is 0. The molecule has 2 aromatic rings. The van der Waals surface area contributed by atoms with E-state index in [4.69, 9.17) is 11.6 Å². The van der Waals surface area contributed by atoms with Gasteiger partial charge in [-0.1, -0.05) is 17.7 Å². The minimum Gasteiger partial charge on any atom is -0.294 e. The highest BCUT2D eigenvalue weighted by atomic mass is 35.5. The van der Waals surface area contributed by atoms with Crippen LogP contribution in [-0.4, -0.2) is 47.6 Å². The van der Waals surface area contributed by atoms with Crippen LogP contribution in [0.2, 0.25) is 5.02 Å². The fourth-order valence-electron chi connectivity index (χ4n) is 3.13. The average molecular weight is 449 g/mol. The Morgan fingerprint density at radius 3 is 2.48 bits per heavy atom. The second-order valence-electron chi connectivity index (χ2n) is 6.49. The maximum absolute atomic E-state index is 12.8. The summed E-state index contributed by atoms with van der Waals surface area (Å²) in [7, 11) is -7.50. The Hall–Kier alpha value is -0.970. The van der Waals surface area contributed by atoms with Crippen LogP contribution in [0.1, 0.15) is 23.8 Å². The van der Waals surface area contributed by atoms with Gasteiger partial charge in [0.2, 0.25) is 10.0 Å². The Morgan fingerprint density at radius 1 is 1.19 bits per heavy atom. The van der Waals surface area contributed by atoms with Crippen molar-refractivity contribution in [2.75, 3.05) is 25.9 Å². The van der Waals surface area contributed by atoms with Gasteiger partial charge in [0.15, 0.2) is 9.84 Å². The fourth-order valence-corrected chi connectivity index (χ4v) is 6.28. The van der Waals surface area contributed by atoms with Crippen LogP contribution in [0.25, 0.3) is 0 Å². The molecule has 0 aliphatic carbocycles. The summed E-state index contributed by atoms with van der Waals surface area (Å²) < 4.78 is 51.8. The number of rotatable bonds is 7. The van der Waals surface area contributed by atoms with Crippen molar-refractivity contribution in [2.24, 2.45) is 0 Å². The minimum atomic E-state index is -3.96. The quantitative estimate of drug-likeness (QED) is 0.704. The maximum atomic E-state index is 12.8. The molecule has 0 spiro atoms. The molecule has 0 radical (unpaired) electrons. The van der Waals surface area contributed by atoms with Crippen LogP contribution < -0.4 is 4.72 Å². The zero-order valence-electron chi connectivity index (χ0n) is 14.8. The van der Waals surface area contributed by atoms with Crippen LogP contribution in [-0.2, 0) is 19.9 Å². The Bertz CT molecular complexity index is 999. The summed E-state index contributed by atoms with van der Waals surface area (Å²) >= 11 is 7.64. The summed E-state index contributed by atoms with van der Waals surface area (Å²) in [6.07, 6.45) is 3.22. The lowest BCUT2D eigenvalue weighted by atomic mass is 10.2. The molecule has 148 valence electrons. The molecule has 3 rings (SSSR count). The molecule has 10 heteroatoms. The van der Waals surface area contributed by atoms with E-state index in [-0.39, 0.29) is 27.4 Å². The highest BCUT2D eigenvalue weighted by Crippen LogP contribution is 2.29. The van der Waals surface area contributed by atoms with E-state index in [9.17, 15) is 16.8 Å². The third-order valence-corrected chi connectivity index (χ3v) is 8.53. The van der Waals surface area contributed by atoms with Gasteiger partial charge in [0, 0.05) is 17.7 Å². The molecule has 0 amide bonds. The maximum Gasteiger partial charge on any atom is 0.242 e. The zero-order chi connectivity index (χ0) is 19.7. The largest absolute Gasteiger partial charge is 0.294 e. The van der Waals surface area contributed by atoms with Crippen LogP contribution in [0, 0.1) is 0 Å². The second kappa shape index (κ2) is 8.18. The molecule has 1 unspecified atom stereocenters. The molecule has 1 fully saturated rings. The van der Waals surface area contributed by atoms with E-state index in [1.807, 2.05) is 17.5 Å². The second-order valence-corrected chi connectivity index (χ2v) is 11.6. The van der Waals surface area contributed by atoms with E-state index in [0.29, 0.717) is 0 Å². The van der Waals surface area contributed by atoms with Crippen molar-refractivity contribution in [3.63, 3.8) is 0 Å². The van der Waals surface area contributed by atoms with Gasteiger partial charge in [0.05, 0.1) is 16.0 Å². The molecule has 0 bridgehead atoms. The van der Waals surface area contributed by atoms with Gasteiger partial charge in [-0.2, -0.15) is 0 Å². The standard InChI is InChI=1S/C17H21ClN2O4S3/c1-26(21,22)13-6-7-14(18)17(11-13)27(23,24)19-12-15(16-5-4-10-25-16)20-8-2-3-9-20/h4-7,10-11,15,19H,2-3,8-9,12H2,1H3. The van der Waals surface area contributed by atoms with Crippen molar-refractivity contribution in [1.29, 1.82) is 0 Å². The summed E-state index contributed by atoms with van der Waals surface area (Å²) in [4.78, 5) is 3.05. The van der Waals surface area contributed by atoms with Gasteiger partial charge in [-0.05, 0) is 55.6 Å². The van der Waals surface area contributed by atoms with Gasteiger partial charge in [0.1, 0.15) is 4.90 Å². The first-order chi connectivity index (χ1) is 12.7. The Labute approximate surface area is 169 Å². The summed E-state index contributed by atoms with van der Waals surface area (Å²) in [5.74, 6) is 0. The Kier molecular flexibility index (Phi) is 6.29. The molecule has 27 heavy (non-hydrogen) atoms. The van der Waals surface area contributed by atoms with Crippen molar-refractivity contribution in [3.05, 3.63) is 45.6 Å². The van der Waals surface area contributed by atoms with E-state index in [0.717, 1.165) is 43.1 Å². The lowest BCUT2D eigenvalue weighted by Gasteiger charge is -2.27. The molecule has 1 aliphatic rings. The normalized spacial score (nSPS) is 17.3. The van der Waals surface area contributed by atoms with E-state index in [1.165, 1.54) is 12.1 Å². The Morgan fingerprint density at radius 2 is 1.89 bits per heavy atom. The molecular weight excluding hydrogens is 428 g/mol. The zero-order valence-corrected chi connectivity index (χ0v) is 18.0. The van der Waals surface area contributed by atoms with Gasteiger partial charge in [-0.15, -0.1) is 11.3 Å².